The number of carbonyl (C=O) groups is 1. The zero-order chi connectivity index (χ0) is 18.0. The van der Waals surface area contributed by atoms with Crippen LogP contribution in [0.4, 0.5) is 4.39 Å². The lowest BCUT2D eigenvalue weighted by Gasteiger charge is -2.38. The van der Waals surface area contributed by atoms with E-state index in [9.17, 15) is 14.3 Å². The molecule has 1 N–H and O–H groups in total. The second-order valence-corrected chi connectivity index (χ2v) is 5.87. The van der Waals surface area contributed by atoms with Gasteiger partial charge in [-0.15, -0.1) is 0 Å². The summed E-state index contributed by atoms with van der Waals surface area (Å²) in [5.74, 6) is -0.768. The Labute approximate surface area is 143 Å². The van der Waals surface area contributed by atoms with E-state index >= 15 is 0 Å². The zero-order valence-corrected chi connectivity index (χ0v) is 13.9. The second-order valence-electron chi connectivity index (χ2n) is 5.87. The molecule has 1 aromatic carbocycles. The minimum absolute atomic E-state index is 0.195. The van der Waals surface area contributed by atoms with Gasteiger partial charge in [0.2, 0.25) is 0 Å². The van der Waals surface area contributed by atoms with Crippen molar-refractivity contribution in [2.45, 2.75) is 18.2 Å². The summed E-state index contributed by atoms with van der Waals surface area (Å²) in [4.78, 5) is 14.2. The molecule has 2 heterocycles. The van der Waals surface area contributed by atoms with Crippen LogP contribution in [0.2, 0.25) is 0 Å². The molecule has 3 atom stereocenters. The molecular formula is C17H19FN2O5. The Bertz CT molecular complexity index is 733. The van der Waals surface area contributed by atoms with Gasteiger partial charge in [-0.1, -0.05) is 5.16 Å². The highest BCUT2D eigenvalue weighted by molar-refractivity contribution is 5.99. The van der Waals surface area contributed by atoms with Crippen LogP contribution >= 0.6 is 0 Å². The van der Waals surface area contributed by atoms with E-state index in [1.807, 2.05) is 0 Å². The van der Waals surface area contributed by atoms with Gasteiger partial charge >= 0.3 is 0 Å². The number of rotatable bonds is 4. The molecule has 1 aromatic heterocycles. The average Bonchev–Trinajstić information content (AvgIpc) is 3.11. The third-order valence-electron chi connectivity index (χ3n) is 4.38. The van der Waals surface area contributed by atoms with Crippen LogP contribution in [0.1, 0.15) is 10.4 Å². The molecule has 1 saturated heterocycles. The maximum atomic E-state index is 13.1. The van der Waals surface area contributed by atoms with Crippen LogP contribution in [-0.4, -0.2) is 66.7 Å². The largest absolute Gasteiger partial charge is 0.388 e. The number of carbonyl (C=O) groups excluding carboxylic acids is 1. The van der Waals surface area contributed by atoms with Crippen LogP contribution in [0.15, 0.2) is 35.1 Å². The maximum absolute atomic E-state index is 13.1. The highest BCUT2D eigenvalue weighted by atomic mass is 19.1. The van der Waals surface area contributed by atoms with Crippen molar-refractivity contribution in [2.75, 3.05) is 27.4 Å². The fraction of sp³-hybridized carbons (Fsp3) is 0.412. The number of methoxy groups -OCH3 is 1. The Balaban J connectivity index is 1.84. The van der Waals surface area contributed by atoms with Crippen LogP contribution < -0.4 is 0 Å². The van der Waals surface area contributed by atoms with Crippen molar-refractivity contribution in [3.8, 4) is 11.3 Å². The topological polar surface area (TPSA) is 85.0 Å². The molecule has 1 aliphatic heterocycles. The van der Waals surface area contributed by atoms with E-state index in [0.717, 1.165) is 0 Å². The van der Waals surface area contributed by atoms with Gasteiger partial charge < -0.3 is 24.0 Å². The summed E-state index contributed by atoms with van der Waals surface area (Å²) in [5, 5.41) is 14.2. The van der Waals surface area contributed by atoms with E-state index in [1.54, 1.807) is 7.05 Å². The predicted octanol–water partition coefficient (Wildman–Crippen LogP) is 1.33. The summed E-state index contributed by atoms with van der Waals surface area (Å²) < 4.78 is 28.6. The summed E-state index contributed by atoms with van der Waals surface area (Å²) in [6, 6.07) is 5.03. The molecule has 0 bridgehead atoms. The van der Waals surface area contributed by atoms with Gasteiger partial charge in [0.1, 0.15) is 35.5 Å². The number of hydrogen-bond donors (Lipinski definition) is 1. The molecule has 3 rings (SSSR count). The first kappa shape index (κ1) is 17.5. The van der Waals surface area contributed by atoms with E-state index in [2.05, 4.69) is 5.16 Å². The third-order valence-corrected chi connectivity index (χ3v) is 4.38. The molecule has 8 heteroatoms. The van der Waals surface area contributed by atoms with Gasteiger partial charge in [0, 0.05) is 19.7 Å². The molecule has 1 fully saturated rings. The van der Waals surface area contributed by atoms with E-state index in [0.29, 0.717) is 11.3 Å². The molecule has 1 amide bonds. The molecule has 1 aliphatic rings. The Morgan fingerprint density at radius 3 is 2.76 bits per heavy atom. The van der Waals surface area contributed by atoms with Crippen LogP contribution in [0, 0.1) is 5.82 Å². The Morgan fingerprint density at radius 1 is 1.36 bits per heavy atom. The number of halogens is 1. The molecule has 2 aromatic rings. The number of nitrogens with zero attached hydrogens (tertiary/aromatic N) is 2. The van der Waals surface area contributed by atoms with Crippen molar-refractivity contribution < 1.29 is 28.3 Å². The van der Waals surface area contributed by atoms with Crippen molar-refractivity contribution in [1.82, 2.24) is 10.1 Å². The highest BCUT2D eigenvalue weighted by Gasteiger charge is 2.38. The van der Waals surface area contributed by atoms with Crippen molar-refractivity contribution in [2.24, 2.45) is 0 Å². The maximum Gasteiger partial charge on any atom is 0.259 e. The zero-order valence-electron chi connectivity index (χ0n) is 13.9. The fourth-order valence-corrected chi connectivity index (χ4v) is 2.84. The predicted molar refractivity (Wildman–Crippen MR) is 85.4 cm³/mol. The number of ether oxygens (including phenoxy) is 2. The smallest absolute Gasteiger partial charge is 0.259 e. The first-order chi connectivity index (χ1) is 12.0. The van der Waals surface area contributed by atoms with Crippen molar-refractivity contribution in [1.29, 1.82) is 0 Å². The highest BCUT2D eigenvalue weighted by Crippen LogP contribution is 2.25. The number of aliphatic hydroxyl groups is 1. The summed E-state index contributed by atoms with van der Waals surface area (Å²) in [6.45, 7) is 0.463. The van der Waals surface area contributed by atoms with Crippen molar-refractivity contribution >= 4 is 5.91 Å². The average molecular weight is 350 g/mol. The molecule has 0 saturated carbocycles. The van der Waals surface area contributed by atoms with Crippen LogP contribution in [0.5, 0.6) is 0 Å². The monoisotopic (exact) mass is 350 g/mol. The molecule has 0 radical (unpaired) electrons. The summed E-state index contributed by atoms with van der Waals surface area (Å²) >= 11 is 0. The minimum Gasteiger partial charge on any atom is -0.388 e. The van der Waals surface area contributed by atoms with Gasteiger partial charge in [0.15, 0.2) is 0 Å². The molecule has 0 unspecified atom stereocenters. The molecule has 0 spiro atoms. The lowest BCUT2D eigenvalue weighted by molar-refractivity contribution is -0.135. The van der Waals surface area contributed by atoms with Crippen LogP contribution in [-0.2, 0) is 9.47 Å². The lowest BCUT2D eigenvalue weighted by Crippen LogP contribution is -2.56. The van der Waals surface area contributed by atoms with E-state index < -0.39 is 18.2 Å². The van der Waals surface area contributed by atoms with E-state index in [1.165, 1.54) is 42.5 Å². The number of likely N-dealkylation sites (N-methyl/N-ethyl adjacent to an activating group) is 1. The standard InChI is InChI=1S/C17H19FN2O5/c1-20(13-8-24-9-14(23-2)16(13)21)17(22)12-7-25-19-15(12)10-3-5-11(18)6-4-10/h3-7,13-14,16,21H,8-9H2,1-2H3/t13-,14-,16+/m1/s1. The molecule has 7 nitrogen and oxygen atoms in total. The summed E-state index contributed by atoms with van der Waals surface area (Å²) in [7, 11) is 3.05. The molecular weight excluding hydrogens is 331 g/mol. The number of aliphatic hydroxyl groups excluding tert-OH is 1. The van der Waals surface area contributed by atoms with Crippen molar-refractivity contribution in [3.63, 3.8) is 0 Å². The quantitative estimate of drug-likeness (QED) is 0.895. The Hall–Kier alpha value is -2.29. The fourth-order valence-electron chi connectivity index (χ4n) is 2.84. The Morgan fingerprint density at radius 2 is 2.08 bits per heavy atom. The van der Waals surface area contributed by atoms with Gasteiger partial charge in [-0.2, -0.15) is 0 Å². The van der Waals surface area contributed by atoms with Gasteiger partial charge in [0.25, 0.3) is 5.91 Å². The van der Waals surface area contributed by atoms with Gasteiger partial charge in [-0.25, -0.2) is 4.39 Å². The normalized spacial score (nSPS) is 23.4. The number of aromatic nitrogens is 1. The number of amides is 1. The van der Waals surface area contributed by atoms with E-state index in [4.69, 9.17) is 14.0 Å². The summed E-state index contributed by atoms with van der Waals surface area (Å²) in [5.41, 5.74) is 1.09. The lowest BCUT2D eigenvalue weighted by atomic mass is 10.0. The van der Waals surface area contributed by atoms with Crippen LogP contribution in [0.3, 0.4) is 0 Å². The number of benzene rings is 1. The number of hydrogen-bond acceptors (Lipinski definition) is 6. The van der Waals surface area contributed by atoms with E-state index in [-0.39, 0.29) is 30.5 Å². The van der Waals surface area contributed by atoms with Gasteiger partial charge in [0.05, 0.1) is 19.3 Å². The molecule has 0 aliphatic carbocycles. The van der Waals surface area contributed by atoms with Gasteiger partial charge in [-0.3, -0.25) is 4.79 Å². The SMILES string of the molecule is CO[C@@H]1COC[C@@H](N(C)C(=O)c2conc2-c2ccc(F)cc2)[C@@H]1O. The second kappa shape index (κ2) is 7.30. The first-order valence-electron chi connectivity index (χ1n) is 7.79. The molecule has 25 heavy (non-hydrogen) atoms. The van der Waals surface area contributed by atoms with Crippen LogP contribution in [0.25, 0.3) is 11.3 Å². The summed E-state index contributed by atoms with van der Waals surface area (Å²) in [6.07, 6.45) is -0.142. The minimum atomic E-state index is -0.873. The molecule has 134 valence electrons. The Kier molecular flexibility index (Phi) is 5.12. The van der Waals surface area contributed by atoms with Gasteiger partial charge in [-0.05, 0) is 24.3 Å². The van der Waals surface area contributed by atoms with Crippen molar-refractivity contribution in [3.05, 3.63) is 41.9 Å². The third kappa shape index (κ3) is 3.41. The first-order valence-corrected chi connectivity index (χ1v) is 7.79.